The van der Waals surface area contributed by atoms with E-state index in [1.807, 2.05) is 7.05 Å². The molecule has 2 heterocycles. The van der Waals surface area contributed by atoms with Crippen LogP contribution in [0.15, 0.2) is 12.2 Å². The van der Waals surface area contributed by atoms with Crippen LogP contribution in [0.3, 0.4) is 0 Å². The third-order valence-electron chi connectivity index (χ3n) is 12.1. The van der Waals surface area contributed by atoms with Gasteiger partial charge in [0, 0.05) is 44.2 Å². The topological polar surface area (TPSA) is 185 Å². The molecular weight excluding hydrogens is 849 g/mol. The van der Waals surface area contributed by atoms with Gasteiger partial charge in [-0.15, -0.1) is 0 Å². The minimum absolute atomic E-state index is 0.0789. The molecule has 2 aliphatic heterocycles. The maximum atomic E-state index is 13.7. The molecule has 0 aliphatic carbocycles. The minimum Gasteiger partial charge on any atom is -0.465 e. The first kappa shape index (κ1) is 58.4. The van der Waals surface area contributed by atoms with Gasteiger partial charge in [-0.25, -0.2) is 4.79 Å². The number of carbonyl (C=O) groups is 6. The number of aliphatic hydroxyl groups is 1. The molecule has 0 aromatic carbocycles. The fraction of sp³-hybridized carbons (Fsp3) is 0.843. The first-order valence-electron chi connectivity index (χ1n) is 25.7. The van der Waals surface area contributed by atoms with Gasteiger partial charge in [-0.1, -0.05) is 117 Å². The Bertz CT molecular complexity index is 1360. The van der Waals surface area contributed by atoms with Gasteiger partial charge in [0.05, 0.1) is 45.8 Å². The third kappa shape index (κ3) is 29.1. The maximum Gasteiger partial charge on any atom is 0.410 e. The Kier molecular flexibility index (Phi) is 33.0. The smallest absolute Gasteiger partial charge is 0.410 e. The highest BCUT2D eigenvalue weighted by Gasteiger charge is 2.32. The van der Waals surface area contributed by atoms with Crippen LogP contribution in [0.5, 0.6) is 0 Å². The van der Waals surface area contributed by atoms with E-state index in [9.17, 15) is 33.9 Å². The number of ether oxygens (including phenoxy) is 6. The lowest BCUT2D eigenvalue weighted by atomic mass is 10.1. The van der Waals surface area contributed by atoms with Crippen molar-refractivity contribution < 1.29 is 62.3 Å². The van der Waals surface area contributed by atoms with Crippen LogP contribution in [0.4, 0.5) is 4.79 Å². The standard InChI is InChI=1S/C51H88N2O13/c1-5-8-11-14-17-20-25-46(55)61-38-41(37-54)33-49(58)64-44-28-29-45(36-53(35-44)51(60)66-43-24-23-31-52(4)32-30-43)65-50(59)34-42(39-62-47(56)26-21-18-15-12-9-6-2)40-63-48(57)27-22-19-16-13-10-7-3/h28-29,41-45,54H,5-27,30-40H2,1-4H3/t41?,43?,44-,45+/m0/s1. The van der Waals surface area contributed by atoms with Crippen molar-refractivity contribution in [3.63, 3.8) is 0 Å². The van der Waals surface area contributed by atoms with Crippen molar-refractivity contribution in [2.45, 2.75) is 206 Å². The third-order valence-corrected chi connectivity index (χ3v) is 12.1. The van der Waals surface area contributed by atoms with E-state index >= 15 is 0 Å². The lowest BCUT2D eigenvalue weighted by molar-refractivity contribution is -0.156. The number of rotatable bonds is 35. The highest BCUT2D eigenvalue weighted by atomic mass is 16.6. The Balaban J connectivity index is 2.10. The summed E-state index contributed by atoms with van der Waals surface area (Å²) in [5.74, 6) is -3.78. The molecule has 0 bridgehead atoms. The van der Waals surface area contributed by atoms with Crippen molar-refractivity contribution in [1.29, 1.82) is 0 Å². The molecule has 15 heteroatoms. The van der Waals surface area contributed by atoms with Gasteiger partial charge in [-0.2, -0.15) is 0 Å². The average Bonchev–Trinajstić information content (AvgIpc) is 3.63. The van der Waals surface area contributed by atoms with Crippen LogP contribution in [0.2, 0.25) is 0 Å². The Hall–Kier alpha value is -3.72. The Morgan fingerprint density at radius 3 is 1.38 bits per heavy atom. The summed E-state index contributed by atoms with van der Waals surface area (Å²) < 4.78 is 34.2. The van der Waals surface area contributed by atoms with Gasteiger partial charge >= 0.3 is 35.9 Å². The molecule has 0 spiro atoms. The van der Waals surface area contributed by atoms with E-state index in [0.717, 1.165) is 116 Å². The first-order valence-corrected chi connectivity index (χ1v) is 25.7. The van der Waals surface area contributed by atoms with Crippen LogP contribution in [0.1, 0.15) is 188 Å². The number of likely N-dealkylation sites (tertiary alicyclic amines) is 1. The van der Waals surface area contributed by atoms with E-state index in [2.05, 4.69) is 25.7 Å². The summed E-state index contributed by atoms with van der Waals surface area (Å²) in [7, 11) is 2.02. The summed E-state index contributed by atoms with van der Waals surface area (Å²) in [5.41, 5.74) is 0. The van der Waals surface area contributed by atoms with Crippen molar-refractivity contribution >= 4 is 35.9 Å². The summed E-state index contributed by atoms with van der Waals surface area (Å²) in [6, 6.07) is 0. The number of esters is 5. The molecule has 0 aromatic rings. The van der Waals surface area contributed by atoms with Crippen LogP contribution < -0.4 is 0 Å². The summed E-state index contributed by atoms with van der Waals surface area (Å²) >= 11 is 0. The van der Waals surface area contributed by atoms with Gasteiger partial charge in [0.1, 0.15) is 18.3 Å². The molecule has 1 saturated heterocycles. The zero-order valence-electron chi connectivity index (χ0n) is 41.3. The summed E-state index contributed by atoms with van der Waals surface area (Å²) in [5, 5.41) is 10.00. The highest BCUT2D eigenvalue weighted by molar-refractivity contribution is 5.73. The molecule has 2 aliphatic rings. The average molecular weight is 937 g/mol. The number of carbonyl (C=O) groups excluding carboxylic acids is 6. The summed E-state index contributed by atoms with van der Waals surface area (Å²) in [4.78, 5) is 81.8. The van der Waals surface area contributed by atoms with Crippen molar-refractivity contribution in [2.24, 2.45) is 11.8 Å². The lowest BCUT2D eigenvalue weighted by Crippen LogP contribution is -2.43. The highest BCUT2D eigenvalue weighted by Crippen LogP contribution is 2.20. The molecule has 2 unspecified atom stereocenters. The fourth-order valence-corrected chi connectivity index (χ4v) is 7.97. The van der Waals surface area contributed by atoms with E-state index in [1.54, 1.807) is 12.2 Å². The molecule has 1 amide bonds. The van der Waals surface area contributed by atoms with Gasteiger partial charge in [-0.3, -0.25) is 24.0 Å². The molecule has 1 N–H and O–H groups in total. The molecule has 0 aromatic heterocycles. The molecule has 66 heavy (non-hydrogen) atoms. The minimum atomic E-state index is -0.948. The van der Waals surface area contributed by atoms with Crippen LogP contribution in [-0.2, 0) is 52.4 Å². The largest absolute Gasteiger partial charge is 0.465 e. The van der Waals surface area contributed by atoms with E-state index in [1.165, 1.54) is 11.3 Å². The Morgan fingerprint density at radius 1 is 0.530 bits per heavy atom. The monoisotopic (exact) mass is 937 g/mol. The predicted molar refractivity (Wildman–Crippen MR) is 252 cm³/mol. The zero-order valence-corrected chi connectivity index (χ0v) is 41.3. The lowest BCUT2D eigenvalue weighted by Gasteiger charge is -2.28. The quantitative estimate of drug-likeness (QED) is 0.0274. The van der Waals surface area contributed by atoms with E-state index in [0.29, 0.717) is 25.7 Å². The van der Waals surface area contributed by atoms with Crippen LogP contribution in [0, 0.1) is 11.8 Å². The van der Waals surface area contributed by atoms with Crippen LogP contribution in [0.25, 0.3) is 0 Å². The summed E-state index contributed by atoms with van der Waals surface area (Å²) in [6.45, 7) is 7.16. The van der Waals surface area contributed by atoms with Gasteiger partial charge in [0.25, 0.3) is 0 Å². The fourth-order valence-electron chi connectivity index (χ4n) is 7.97. The molecular formula is C51H88N2O13. The Labute approximate surface area is 396 Å². The van der Waals surface area contributed by atoms with E-state index in [4.69, 9.17) is 28.4 Å². The number of hydrogen-bond donors (Lipinski definition) is 1. The van der Waals surface area contributed by atoms with Crippen LogP contribution in [-0.4, -0.2) is 129 Å². The SMILES string of the molecule is CCCCCCCCC(=O)OCC(COC(=O)CCCCCCCC)CC(=O)O[C@@H]1C=C[C@H](OC(=O)CC(CO)COC(=O)CCCCCCCC)CN(C(=O)OC2CCCN(C)CC2)C1. The van der Waals surface area contributed by atoms with Crippen molar-refractivity contribution in [1.82, 2.24) is 9.80 Å². The number of aliphatic hydroxyl groups excluding tert-OH is 1. The van der Waals surface area contributed by atoms with Crippen molar-refractivity contribution in [3.8, 4) is 0 Å². The van der Waals surface area contributed by atoms with Crippen LogP contribution >= 0.6 is 0 Å². The summed E-state index contributed by atoms with van der Waals surface area (Å²) in [6.07, 6.45) is 21.3. The number of hydrogen-bond acceptors (Lipinski definition) is 14. The predicted octanol–water partition coefficient (Wildman–Crippen LogP) is 9.19. The normalized spacial score (nSPS) is 18.2. The van der Waals surface area contributed by atoms with Crippen molar-refractivity contribution in [3.05, 3.63) is 12.2 Å². The van der Waals surface area contributed by atoms with Crippen molar-refractivity contribution in [2.75, 3.05) is 59.7 Å². The maximum absolute atomic E-state index is 13.7. The van der Waals surface area contributed by atoms with Gasteiger partial charge in [0.2, 0.25) is 0 Å². The van der Waals surface area contributed by atoms with E-state index in [-0.39, 0.29) is 89.0 Å². The molecule has 4 atom stereocenters. The Morgan fingerprint density at radius 2 is 0.939 bits per heavy atom. The molecule has 380 valence electrons. The molecule has 0 radical (unpaired) electrons. The second-order valence-electron chi connectivity index (χ2n) is 18.5. The number of unbranched alkanes of at least 4 members (excludes halogenated alkanes) is 15. The number of amides is 1. The molecule has 0 saturated carbocycles. The second kappa shape index (κ2) is 37.3. The van der Waals surface area contributed by atoms with Gasteiger partial charge in [-0.05, 0) is 64.3 Å². The first-order chi connectivity index (χ1) is 32.0. The van der Waals surface area contributed by atoms with E-state index < -0.39 is 48.7 Å². The van der Waals surface area contributed by atoms with Gasteiger partial charge in [0.15, 0.2) is 0 Å². The number of nitrogens with zero attached hydrogens (tertiary/aromatic N) is 2. The zero-order chi connectivity index (χ0) is 48.2. The second-order valence-corrected chi connectivity index (χ2v) is 18.5. The molecule has 2 rings (SSSR count). The molecule has 1 fully saturated rings. The van der Waals surface area contributed by atoms with Gasteiger partial charge < -0.3 is 43.3 Å². The molecule has 15 nitrogen and oxygen atoms in total.